The van der Waals surface area contributed by atoms with Crippen LogP contribution in [0.25, 0.3) is 11.4 Å². The maximum Gasteiger partial charge on any atom is 0.163 e. The molecule has 4 nitrogen and oxygen atoms in total. The number of hydrogen-bond acceptors (Lipinski definition) is 4. The van der Waals surface area contributed by atoms with Crippen LogP contribution >= 0.6 is 0 Å². The predicted octanol–water partition coefficient (Wildman–Crippen LogP) is 1.87. The van der Waals surface area contributed by atoms with Crippen LogP contribution in [0.2, 0.25) is 0 Å². The smallest absolute Gasteiger partial charge is 0.163 e. The molecule has 0 fully saturated rings. The normalized spacial score (nSPS) is 12.4. The van der Waals surface area contributed by atoms with Crippen LogP contribution in [-0.4, -0.2) is 15.0 Å². The van der Waals surface area contributed by atoms with E-state index in [0.29, 0.717) is 17.5 Å². The number of aromatic nitrogens is 3. The Labute approximate surface area is 94.6 Å². The van der Waals surface area contributed by atoms with Gasteiger partial charge in [-0.15, -0.1) is 0 Å². The van der Waals surface area contributed by atoms with Gasteiger partial charge in [-0.05, 0) is 13.8 Å². The van der Waals surface area contributed by atoms with Gasteiger partial charge in [0, 0.05) is 5.56 Å². The minimum atomic E-state index is -0.177. The monoisotopic (exact) mass is 214 g/mol. The van der Waals surface area contributed by atoms with E-state index in [1.165, 1.54) is 0 Å². The SMILES string of the molecule is Cc1nc(-c2ccccc2)nc(C(C)N)n1. The molecular weight excluding hydrogens is 200 g/mol. The average Bonchev–Trinajstić information content (AvgIpc) is 2.29. The first-order chi connectivity index (χ1) is 7.66. The van der Waals surface area contributed by atoms with Crippen molar-refractivity contribution < 1.29 is 0 Å². The molecule has 0 radical (unpaired) electrons. The summed E-state index contributed by atoms with van der Waals surface area (Å²) in [5, 5.41) is 0. The molecule has 0 aliphatic carbocycles. The highest BCUT2D eigenvalue weighted by atomic mass is 15.0. The summed E-state index contributed by atoms with van der Waals surface area (Å²) < 4.78 is 0. The Kier molecular flexibility index (Phi) is 2.92. The lowest BCUT2D eigenvalue weighted by Crippen LogP contribution is -2.12. The summed E-state index contributed by atoms with van der Waals surface area (Å²) in [6, 6.07) is 9.65. The molecule has 2 rings (SSSR count). The third-order valence-corrected chi connectivity index (χ3v) is 2.20. The van der Waals surface area contributed by atoms with E-state index >= 15 is 0 Å². The van der Waals surface area contributed by atoms with Gasteiger partial charge in [-0.1, -0.05) is 30.3 Å². The van der Waals surface area contributed by atoms with Crippen LogP contribution < -0.4 is 5.73 Å². The summed E-state index contributed by atoms with van der Waals surface area (Å²) in [4.78, 5) is 12.9. The summed E-state index contributed by atoms with van der Waals surface area (Å²) in [5.74, 6) is 2.01. The largest absolute Gasteiger partial charge is 0.322 e. The van der Waals surface area contributed by atoms with E-state index in [4.69, 9.17) is 5.73 Å². The van der Waals surface area contributed by atoms with Crippen molar-refractivity contribution in [2.75, 3.05) is 0 Å². The minimum absolute atomic E-state index is 0.177. The molecule has 0 saturated heterocycles. The average molecular weight is 214 g/mol. The summed E-state index contributed by atoms with van der Waals surface area (Å²) in [7, 11) is 0. The van der Waals surface area contributed by atoms with Gasteiger partial charge in [0.15, 0.2) is 5.82 Å². The third-order valence-electron chi connectivity index (χ3n) is 2.20. The van der Waals surface area contributed by atoms with E-state index in [9.17, 15) is 0 Å². The lowest BCUT2D eigenvalue weighted by molar-refractivity contribution is 0.720. The van der Waals surface area contributed by atoms with Crippen molar-refractivity contribution in [3.05, 3.63) is 42.0 Å². The van der Waals surface area contributed by atoms with Gasteiger partial charge in [0.05, 0.1) is 6.04 Å². The maximum atomic E-state index is 5.78. The lowest BCUT2D eigenvalue weighted by Gasteiger charge is -2.07. The molecule has 2 aromatic rings. The molecule has 1 heterocycles. The topological polar surface area (TPSA) is 64.7 Å². The summed E-state index contributed by atoms with van der Waals surface area (Å²) in [6.45, 7) is 3.71. The highest BCUT2D eigenvalue weighted by molar-refractivity contribution is 5.54. The first-order valence-corrected chi connectivity index (χ1v) is 5.20. The zero-order valence-electron chi connectivity index (χ0n) is 9.38. The molecule has 0 bridgehead atoms. The van der Waals surface area contributed by atoms with Gasteiger partial charge in [-0.3, -0.25) is 0 Å². The van der Waals surface area contributed by atoms with Crippen molar-refractivity contribution in [1.82, 2.24) is 15.0 Å². The van der Waals surface area contributed by atoms with Gasteiger partial charge in [0.1, 0.15) is 11.6 Å². The minimum Gasteiger partial charge on any atom is -0.322 e. The van der Waals surface area contributed by atoms with Crippen LogP contribution in [0.5, 0.6) is 0 Å². The second-order valence-electron chi connectivity index (χ2n) is 3.72. The quantitative estimate of drug-likeness (QED) is 0.828. The Morgan fingerprint density at radius 1 is 1.06 bits per heavy atom. The Bertz CT molecular complexity index is 480. The third kappa shape index (κ3) is 2.23. The fraction of sp³-hybridized carbons (Fsp3) is 0.250. The molecule has 4 heteroatoms. The molecule has 0 aliphatic heterocycles. The molecule has 1 aromatic carbocycles. The molecule has 0 saturated carbocycles. The van der Waals surface area contributed by atoms with Crippen LogP contribution in [0.15, 0.2) is 30.3 Å². The van der Waals surface area contributed by atoms with E-state index in [0.717, 1.165) is 5.56 Å². The van der Waals surface area contributed by atoms with E-state index < -0.39 is 0 Å². The molecule has 82 valence electrons. The van der Waals surface area contributed by atoms with E-state index in [-0.39, 0.29) is 6.04 Å². The Balaban J connectivity index is 2.50. The highest BCUT2D eigenvalue weighted by Crippen LogP contribution is 2.15. The van der Waals surface area contributed by atoms with Crippen molar-refractivity contribution in [3.8, 4) is 11.4 Å². The van der Waals surface area contributed by atoms with E-state index in [2.05, 4.69) is 15.0 Å². The van der Waals surface area contributed by atoms with E-state index in [1.54, 1.807) is 0 Å². The van der Waals surface area contributed by atoms with Crippen molar-refractivity contribution in [2.45, 2.75) is 19.9 Å². The summed E-state index contributed by atoms with van der Waals surface area (Å²) >= 11 is 0. The Morgan fingerprint density at radius 3 is 2.38 bits per heavy atom. The molecule has 1 atom stereocenters. The molecule has 16 heavy (non-hydrogen) atoms. The second-order valence-corrected chi connectivity index (χ2v) is 3.72. The maximum absolute atomic E-state index is 5.78. The van der Waals surface area contributed by atoms with Crippen molar-refractivity contribution in [1.29, 1.82) is 0 Å². The lowest BCUT2D eigenvalue weighted by atomic mass is 10.2. The molecule has 2 N–H and O–H groups in total. The van der Waals surface area contributed by atoms with Crippen LogP contribution in [0.4, 0.5) is 0 Å². The standard InChI is InChI=1S/C12H14N4/c1-8(13)11-14-9(2)15-12(16-11)10-6-4-3-5-7-10/h3-8H,13H2,1-2H3. The molecular formula is C12H14N4. The van der Waals surface area contributed by atoms with Crippen LogP contribution in [-0.2, 0) is 0 Å². The fourth-order valence-electron chi connectivity index (χ4n) is 1.42. The Morgan fingerprint density at radius 2 is 1.75 bits per heavy atom. The van der Waals surface area contributed by atoms with Crippen LogP contribution in [0.1, 0.15) is 24.6 Å². The summed E-state index contributed by atoms with van der Waals surface area (Å²) in [6.07, 6.45) is 0. The van der Waals surface area contributed by atoms with Gasteiger partial charge in [0.2, 0.25) is 0 Å². The number of nitrogens with two attached hydrogens (primary N) is 1. The highest BCUT2D eigenvalue weighted by Gasteiger charge is 2.08. The first-order valence-electron chi connectivity index (χ1n) is 5.20. The van der Waals surface area contributed by atoms with E-state index in [1.807, 2.05) is 44.2 Å². The van der Waals surface area contributed by atoms with Crippen molar-refractivity contribution in [3.63, 3.8) is 0 Å². The number of hydrogen-bond donors (Lipinski definition) is 1. The summed E-state index contributed by atoms with van der Waals surface area (Å²) in [5.41, 5.74) is 6.76. The van der Waals surface area contributed by atoms with Gasteiger partial charge in [0.25, 0.3) is 0 Å². The van der Waals surface area contributed by atoms with Gasteiger partial charge < -0.3 is 5.73 Å². The fourth-order valence-corrected chi connectivity index (χ4v) is 1.42. The molecule has 1 aromatic heterocycles. The van der Waals surface area contributed by atoms with Crippen LogP contribution in [0.3, 0.4) is 0 Å². The number of aryl methyl sites for hydroxylation is 1. The molecule has 0 amide bonds. The molecule has 1 unspecified atom stereocenters. The van der Waals surface area contributed by atoms with Gasteiger partial charge in [-0.2, -0.15) is 0 Å². The van der Waals surface area contributed by atoms with Gasteiger partial charge >= 0.3 is 0 Å². The zero-order chi connectivity index (χ0) is 11.5. The number of nitrogens with zero attached hydrogens (tertiary/aromatic N) is 3. The van der Waals surface area contributed by atoms with Crippen molar-refractivity contribution >= 4 is 0 Å². The Hall–Kier alpha value is -1.81. The zero-order valence-corrected chi connectivity index (χ0v) is 9.38. The number of rotatable bonds is 2. The first kappa shape index (κ1) is 10.7. The number of benzene rings is 1. The molecule has 0 aliphatic rings. The second kappa shape index (κ2) is 4.37. The van der Waals surface area contributed by atoms with Gasteiger partial charge in [-0.25, -0.2) is 15.0 Å². The predicted molar refractivity (Wildman–Crippen MR) is 62.6 cm³/mol. The molecule has 0 spiro atoms. The van der Waals surface area contributed by atoms with Crippen LogP contribution in [0, 0.1) is 6.92 Å². The van der Waals surface area contributed by atoms with Crippen molar-refractivity contribution in [2.24, 2.45) is 5.73 Å².